The molecule has 0 bridgehead atoms. The number of carbonyl (C=O) groups excluding carboxylic acids is 2. The molecule has 6 nitrogen and oxygen atoms in total. The highest BCUT2D eigenvalue weighted by molar-refractivity contribution is 9.09. The third-order valence-electron chi connectivity index (χ3n) is 4.85. The highest BCUT2D eigenvalue weighted by Crippen LogP contribution is 2.31. The van der Waals surface area contributed by atoms with Crippen LogP contribution in [0.25, 0.3) is 0 Å². The van der Waals surface area contributed by atoms with E-state index in [1.54, 1.807) is 4.90 Å². The number of benzene rings is 1. The van der Waals surface area contributed by atoms with Crippen LogP contribution >= 0.6 is 15.9 Å². The minimum atomic E-state index is -0.570. The van der Waals surface area contributed by atoms with E-state index in [9.17, 15) is 9.59 Å². The number of alkyl halides is 1. The molecule has 2 atom stereocenters. The molecular weight excluding hydrogens is 462 g/mol. The summed E-state index contributed by atoms with van der Waals surface area (Å²) < 4.78 is 17.0. The molecular formula is C24H36BrNO5. The molecule has 0 saturated carbocycles. The Hall–Kier alpha value is -1.76. The number of esters is 1. The Balaban J connectivity index is 2.16. The van der Waals surface area contributed by atoms with Crippen molar-refractivity contribution in [2.45, 2.75) is 65.6 Å². The smallest absolute Gasteiger partial charge is 0.410 e. The summed E-state index contributed by atoms with van der Waals surface area (Å²) in [6.45, 7) is 12.8. The van der Waals surface area contributed by atoms with Crippen LogP contribution in [0.15, 0.2) is 24.3 Å². The number of hydrogen-bond acceptors (Lipinski definition) is 5. The maximum atomic E-state index is 13.1. The SMILES string of the molecule is CC(C)(C)OC(=O)[C@H](Cc1cccc(OCCBr)c1)[C@@H]1CCN(C(=O)OC(C)(C)C)C1. The molecule has 1 amide bonds. The van der Waals surface area contributed by atoms with Crippen molar-refractivity contribution in [2.75, 3.05) is 25.0 Å². The number of amides is 1. The maximum Gasteiger partial charge on any atom is 0.410 e. The predicted octanol–water partition coefficient (Wildman–Crippen LogP) is 5.22. The Bertz CT molecular complexity index is 753. The number of carbonyl (C=O) groups is 2. The Morgan fingerprint density at radius 2 is 1.81 bits per heavy atom. The number of likely N-dealkylation sites (tertiary alicyclic amines) is 1. The van der Waals surface area contributed by atoms with Gasteiger partial charge < -0.3 is 19.1 Å². The lowest BCUT2D eigenvalue weighted by molar-refractivity contribution is -0.161. The van der Waals surface area contributed by atoms with Crippen molar-refractivity contribution in [3.63, 3.8) is 0 Å². The van der Waals surface area contributed by atoms with Crippen molar-refractivity contribution in [3.8, 4) is 5.75 Å². The number of halogens is 1. The lowest BCUT2D eigenvalue weighted by Gasteiger charge is -2.28. The number of rotatable bonds is 7. The van der Waals surface area contributed by atoms with E-state index in [4.69, 9.17) is 14.2 Å². The molecule has 1 saturated heterocycles. The average Bonchev–Trinajstić information content (AvgIpc) is 3.12. The fraction of sp³-hybridized carbons (Fsp3) is 0.667. The van der Waals surface area contributed by atoms with E-state index in [2.05, 4.69) is 15.9 Å². The van der Waals surface area contributed by atoms with Crippen LogP contribution in [0.5, 0.6) is 5.75 Å². The molecule has 1 aromatic carbocycles. The highest BCUT2D eigenvalue weighted by atomic mass is 79.9. The monoisotopic (exact) mass is 497 g/mol. The minimum absolute atomic E-state index is 0.00878. The largest absolute Gasteiger partial charge is 0.493 e. The van der Waals surface area contributed by atoms with Crippen LogP contribution in [0, 0.1) is 11.8 Å². The summed E-state index contributed by atoms with van der Waals surface area (Å²) in [5.41, 5.74) is -0.104. The van der Waals surface area contributed by atoms with Gasteiger partial charge in [0.2, 0.25) is 0 Å². The van der Waals surface area contributed by atoms with Crippen LogP contribution in [-0.2, 0) is 20.7 Å². The average molecular weight is 498 g/mol. The van der Waals surface area contributed by atoms with E-state index >= 15 is 0 Å². The fourth-order valence-electron chi connectivity index (χ4n) is 3.60. The second kappa shape index (κ2) is 10.7. The predicted molar refractivity (Wildman–Crippen MR) is 125 cm³/mol. The van der Waals surface area contributed by atoms with Crippen LogP contribution < -0.4 is 4.74 Å². The molecule has 1 aromatic rings. The van der Waals surface area contributed by atoms with Gasteiger partial charge >= 0.3 is 12.1 Å². The lowest BCUT2D eigenvalue weighted by Crippen LogP contribution is -2.38. The third kappa shape index (κ3) is 8.71. The van der Waals surface area contributed by atoms with Gasteiger partial charge in [0.25, 0.3) is 0 Å². The maximum absolute atomic E-state index is 13.1. The summed E-state index contributed by atoms with van der Waals surface area (Å²) in [5.74, 6) is 0.213. The Morgan fingerprint density at radius 1 is 1.13 bits per heavy atom. The molecule has 31 heavy (non-hydrogen) atoms. The molecule has 0 N–H and O–H groups in total. The van der Waals surface area contributed by atoms with Crippen molar-refractivity contribution in [1.29, 1.82) is 0 Å². The zero-order valence-electron chi connectivity index (χ0n) is 19.6. The molecule has 0 spiro atoms. The summed E-state index contributed by atoms with van der Waals surface area (Å²) in [6, 6.07) is 7.82. The first-order valence-electron chi connectivity index (χ1n) is 10.9. The van der Waals surface area contributed by atoms with Gasteiger partial charge in [0.1, 0.15) is 17.0 Å². The minimum Gasteiger partial charge on any atom is -0.493 e. The van der Waals surface area contributed by atoms with E-state index in [0.29, 0.717) is 26.1 Å². The van der Waals surface area contributed by atoms with Gasteiger partial charge in [0.15, 0.2) is 0 Å². The van der Waals surface area contributed by atoms with Crippen LogP contribution in [0.4, 0.5) is 4.79 Å². The summed E-state index contributed by atoms with van der Waals surface area (Å²) in [5, 5.41) is 0.750. The molecule has 1 fully saturated rings. The van der Waals surface area contributed by atoms with Gasteiger partial charge in [0, 0.05) is 18.4 Å². The van der Waals surface area contributed by atoms with Gasteiger partial charge in [-0.25, -0.2) is 4.79 Å². The van der Waals surface area contributed by atoms with Crippen molar-refractivity contribution >= 4 is 28.0 Å². The number of ether oxygens (including phenoxy) is 3. The number of hydrogen-bond donors (Lipinski definition) is 0. The van der Waals surface area contributed by atoms with Crippen LogP contribution in [-0.4, -0.2) is 53.2 Å². The van der Waals surface area contributed by atoms with Gasteiger partial charge in [-0.2, -0.15) is 0 Å². The molecule has 0 aromatic heterocycles. The molecule has 0 radical (unpaired) electrons. The fourth-order valence-corrected chi connectivity index (χ4v) is 3.76. The van der Waals surface area contributed by atoms with Crippen LogP contribution in [0.2, 0.25) is 0 Å². The van der Waals surface area contributed by atoms with E-state index in [1.807, 2.05) is 65.8 Å². The van der Waals surface area contributed by atoms with Gasteiger partial charge in [0.05, 0.1) is 12.5 Å². The molecule has 1 aliphatic heterocycles. The van der Waals surface area contributed by atoms with Crippen molar-refractivity contribution in [3.05, 3.63) is 29.8 Å². The molecule has 0 unspecified atom stereocenters. The zero-order chi connectivity index (χ0) is 23.2. The molecule has 2 rings (SSSR count). The Kier molecular flexibility index (Phi) is 8.81. The summed E-state index contributed by atoms with van der Waals surface area (Å²) >= 11 is 3.36. The Morgan fingerprint density at radius 3 is 2.42 bits per heavy atom. The van der Waals surface area contributed by atoms with Crippen LogP contribution in [0.3, 0.4) is 0 Å². The number of nitrogens with zero attached hydrogens (tertiary/aromatic N) is 1. The molecule has 174 valence electrons. The van der Waals surface area contributed by atoms with Crippen molar-refractivity contribution < 1.29 is 23.8 Å². The normalized spacial score (nSPS) is 17.9. The van der Waals surface area contributed by atoms with Gasteiger partial charge in [-0.05, 0) is 78.0 Å². The standard InChI is InChI=1S/C24H36BrNO5/c1-23(2,3)30-21(27)20(15-17-8-7-9-19(14-17)29-13-11-25)18-10-12-26(16-18)22(28)31-24(4,5)6/h7-9,14,18,20H,10-13,15-16H2,1-6H3/t18-,20-/m1/s1. The Labute approximate surface area is 194 Å². The van der Waals surface area contributed by atoms with Gasteiger partial charge in [-0.3, -0.25) is 4.79 Å². The first-order chi connectivity index (χ1) is 14.4. The van der Waals surface area contributed by atoms with E-state index in [1.165, 1.54) is 0 Å². The summed E-state index contributed by atoms with van der Waals surface area (Å²) in [4.78, 5) is 27.3. The first kappa shape index (κ1) is 25.5. The van der Waals surface area contributed by atoms with Crippen molar-refractivity contribution in [2.24, 2.45) is 11.8 Å². The van der Waals surface area contributed by atoms with Gasteiger partial charge in [-0.15, -0.1) is 0 Å². The molecule has 7 heteroatoms. The van der Waals surface area contributed by atoms with Gasteiger partial charge in [-0.1, -0.05) is 28.1 Å². The highest BCUT2D eigenvalue weighted by Gasteiger charge is 2.39. The van der Waals surface area contributed by atoms with E-state index in [0.717, 1.165) is 23.1 Å². The molecule has 1 heterocycles. The molecule has 1 aliphatic rings. The second-order valence-electron chi connectivity index (χ2n) is 10.0. The zero-order valence-corrected chi connectivity index (χ0v) is 21.2. The second-order valence-corrected chi connectivity index (χ2v) is 10.8. The van der Waals surface area contributed by atoms with Crippen LogP contribution in [0.1, 0.15) is 53.5 Å². The van der Waals surface area contributed by atoms with E-state index < -0.39 is 11.2 Å². The summed E-state index contributed by atoms with van der Waals surface area (Å²) in [6.07, 6.45) is 0.944. The topological polar surface area (TPSA) is 65.1 Å². The summed E-state index contributed by atoms with van der Waals surface area (Å²) in [7, 11) is 0. The van der Waals surface area contributed by atoms with Crippen molar-refractivity contribution in [1.82, 2.24) is 4.90 Å². The quantitative estimate of drug-likeness (QED) is 0.381. The molecule has 0 aliphatic carbocycles. The first-order valence-corrected chi connectivity index (χ1v) is 12.0. The lowest BCUT2D eigenvalue weighted by atomic mass is 9.86. The third-order valence-corrected chi connectivity index (χ3v) is 5.18. The van der Waals surface area contributed by atoms with E-state index in [-0.39, 0.29) is 23.9 Å².